The van der Waals surface area contributed by atoms with Gasteiger partial charge in [-0.25, -0.2) is 0 Å². The fourth-order valence-electron chi connectivity index (χ4n) is 3.15. The van der Waals surface area contributed by atoms with Gasteiger partial charge in [0.05, 0.1) is 0 Å². The van der Waals surface area contributed by atoms with Crippen molar-refractivity contribution in [2.45, 2.75) is 110 Å². The van der Waals surface area contributed by atoms with Gasteiger partial charge in [-0.1, -0.05) is 82.8 Å². The van der Waals surface area contributed by atoms with Crippen LogP contribution in [0.1, 0.15) is 110 Å². The number of rotatable bonds is 12. The molecule has 0 spiro atoms. The van der Waals surface area contributed by atoms with Gasteiger partial charge in [0, 0.05) is 0 Å². The number of unbranched alkanes of at least 4 members (excludes halogenated alkanes) is 10. The van der Waals surface area contributed by atoms with Crippen molar-refractivity contribution in [3.8, 4) is 0 Å². The summed E-state index contributed by atoms with van der Waals surface area (Å²) in [7, 11) is 0. The van der Waals surface area contributed by atoms with Crippen LogP contribution in [0.3, 0.4) is 0 Å². The van der Waals surface area contributed by atoms with Crippen molar-refractivity contribution in [3.05, 3.63) is 11.6 Å². The quantitative estimate of drug-likeness (QED) is 0.258. The van der Waals surface area contributed by atoms with Crippen LogP contribution in [0.25, 0.3) is 0 Å². The molecule has 0 saturated heterocycles. The molecule has 1 aliphatic carbocycles. The monoisotopic (exact) mass is 264 g/mol. The van der Waals surface area contributed by atoms with Crippen LogP contribution >= 0.6 is 0 Å². The molecule has 0 fully saturated rings. The van der Waals surface area contributed by atoms with E-state index < -0.39 is 0 Å². The van der Waals surface area contributed by atoms with Crippen molar-refractivity contribution in [1.82, 2.24) is 0 Å². The molecule has 112 valence electrons. The smallest absolute Gasteiger partial charge is 0.0320 e. The first-order valence-corrected chi connectivity index (χ1v) is 9.11. The molecule has 0 nitrogen and oxygen atoms in total. The van der Waals surface area contributed by atoms with E-state index >= 15 is 0 Å². The minimum atomic E-state index is 1.35. The molecule has 1 aliphatic rings. The van der Waals surface area contributed by atoms with Gasteiger partial charge in [0.2, 0.25) is 0 Å². The van der Waals surface area contributed by atoms with Crippen LogP contribution in [0.5, 0.6) is 0 Å². The lowest BCUT2D eigenvalue weighted by molar-refractivity contribution is 0.546. The fraction of sp³-hybridized carbons (Fsp3) is 0.895. The third-order valence-corrected chi connectivity index (χ3v) is 4.49. The largest absolute Gasteiger partial charge is 0.0853 e. The summed E-state index contributed by atoms with van der Waals surface area (Å²) in [5.41, 5.74) is 1.77. The normalized spacial score (nSPS) is 15.5. The maximum absolute atomic E-state index is 2.51. The minimum absolute atomic E-state index is 1.35. The average molecular weight is 264 g/mol. The summed E-state index contributed by atoms with van der Waals surface area (Å²) in [5.74, 6) is 0. The Morgan fingerprint density at radius 1 is 0.737 bits per heavy atom. The van der Waals surface area contributed by atoms with E-state index in [0.29, 0.717) is 0 Å². The molecule has 0 N–H and O–H groups in total. The van der Waals surface area contributed by atoms with Crippen LogP contribution in [-0.2, 0) is 0 Å². The zero-order valence-corrected chi connectivity index (χ0v) is 13.4. The van der Waals surface area contributed by atoms with E-state index in [1.807, 2.05) is 0 Å². The summed E-state index contributed by atoms with van der Waals surface area (Å²) in [6.07, 6.45) is 25.6. The first kappa shape index (κ1) is 16.8. The van der Waals surface area contributed by atoms with Crippen molar-refractivity contribution in [3.63, 3.8) is 0 Å². The Morgan fingerprint density at radius 3 is 1.84 bits per heavy atom. The van der Waals surface area contributed by atoms with Gasteiger partial charge < -0.3 is 0 Å². The van der Waals surface area contributed by atoms with E-state index in [4.69, 9.17) is 0 Å². The summed E-state index contributed by atoms with van der Waals surface area (Å²) < 4.78 is 0. The van der Waals surface area contributed by atoms with Crippen LogP contribution in [0.4, 0.5) is 0 Å². The fourth-order valence-corrected chi connectivity index (χ4v) is 3.15. The molecular formula is C19H36. The van der Waals surface area contributed by atoms with E-state index in [-0.39, 0.29) is 0 Å². The number of hydrogen-bond acceptors (Lipinski definition) is 0. The van der Waals surface area contributed by atoms with Crippen LogP contribution in [0, 0.1) is 0 Å². The Bertz CT molecular complexity index is 214. The second-order valence-corrected chi connectivity index (χ2v) is 6.39. The van der Waals surface area contributed by atoms with Gasteiger partial charge in [-0.05, 0) is 38.5 Å². The Kier molecular flexibility index (Phi) is 11.3. The Morgan fingerprint density at radius 2 is 1.32 bits per heavy atom. The van der Waals surface area contributed by atoms with Crippen LogP contribution in [-0.4, -0.2) is 0 Å². The van der Waals surface area contributed by atoms with Gasteiger partial charge >= 0.3 is 0 Å². The lowest BCUT2D eigenvalue weighted by atomic mass is 9.95. The predicted molar refractivity (Wildman–Crippen MR) is 87.6 cm³/mol. The molecule has 0 heterocycles. The van der Waals surface area contributed by atoms with Gasteiger partial charge in [-0.15, -0.1) is 0 Å². The summed E-state index contributed by atoms with van der Waals surface area (Å²) in [6.45, 7) is 2.30. The molecule has 0 aromatic heterocycles. The van der Waals surface area contributed by atoms with E-state index in [0.717, 1.165) is 0 Å². The zero-order chi connectivity index (χ0) is 13.6. The average Bonchev–Trinajstić information content (AvgIpc) is 2.46. The van der Waals surface area contributed by atoms with Gasteiger partial charge in [0.15, 0.2) is 0 Å². The van der Waals surface area contributed by atoms with Crippen LogP contribution in [0.15, 0.2) is 11.6 Å². The summed E-state index contributed by atoms with van der Waals surface area (Å²) in [4.78, 5) is 0. The van der Waals surface area contributed by atoms with Gasteiger partial charge in [0.1, 0.15) is 0 Å². The van der Waals surface area contributed by atoms with Crippen LogP contribution < -0.4 is 0 Å². The zero-order valence-electron chi connectivity index (χ0n) is 13.4. The van der Waals surface area contributed by atoms with Gasteiger partial charge in [-0.3, -0.25) is 0 Å². The second kappa shape index (κ2) is 12.8. The Hall–Kier alpha value is -0.260. The summed E-state index contributed by atoms with van der Waals surface area (Å²) >= 11 is 0. The first-order valence-electron chi connectivity index (χ1n) is 9.11. The highest BCUT2D eigenvalue weighted by Gasteiger charge is 2.02. The highest BCUT2D eigenvalue weighted by atomic mass is 14.1. The third-order valence-electron chi connectivity index (χ3n) is 4.49. The standard InChI is InChI=1S/C19H36/c1-2-3-4-5-6-7-8-9-10-11-13-16-19-17-14-12-15-18-19/h17H,2-16,18H2,1H3. The lowest BCUT2D eigenvalue weighted by Crippen LogP contribution is -1.92. The number of hydrogen-bond donors (Lipinski definition) is 0. The molecule has 1 rings (SSSR count). The van der Waals surface area contributed by atoms with Gasteiger partial charge in [-0.2, -0.15) is 0 Å². The van der Waals surface area contributed by atoms with Crippen molar-refractivity contribution in [1.29, 1.82) is 0 Å². The van der Waals surface area contributed by atoms with Crippen molar-refractivity contribution >= 4 is 0 Å². The van der Waals surface area contributed by atoms with Crippen LogP contribution in [0.2, 0.25) is 0 Å². The van der Waals surface area contributed by atoms with E-state index in [9.17, 15) is 0 Å². The molecule has 0 saturated carbocycles. The highest BCUT2D eigenvalue weighted by Crippen LogP contribution is 2.22. The molecule has 0 amide bonds. The second-order valence-electron chi connectivity index (χ2n) is 6.39. The predicted octanol–water partition coefficient (Wildman–Crippen LogP) is 7.19. The maximum Gasteiger partial charge on any atom is -0.0320 e. The lowest BCUT2D eigenvalue weighted by Gasteiger charge is -2.12. The third kappa shape index (κ3) is 10.2. The van der Waals surface area contributed by atoms with E-state index in [2.05, 4.69) is 13.0 Å². The molecule has 0 radical (unpaired) electrons. The number of allylic oxidation sites excluding steroid dienone is 2. The molecule has 19 heavy (non-hydrogen) atoms. The van der Waals surface area contributed by atoms with E-state index in [1.165, 1.54) is 103 Å². The molecule has 0 atom stereocenters. The molecule has 0 aliphatic heterocycles. The molecule has 0 aromatic rings. The minimum Gasteiger partial charge on any atom is -0.0853 e. The molecule has 0 heteroatoms. The molecular weight excluding hydrogens is 228 g/mol. The summed E-state index contributed by atoms with van der Waals surface area (Å²) in [6, 6.07) is 0. The van der Waals surface area contributed by atoms with Crippen molar-refractivity contribution in [2.24, 2.45) is 0 Å². The Labute approximate surface area is 122 Å². The topological polar surface area (TPSA) is 0 Å². The van der Waals surface area contributed by atoms with E-state index in [1.54, 1.807) is 5.57 Å². The summed E-state index contributed by atoms with van der Waals surface area (Å²) in [5, 5.41) is 0. The van der Waals surface area contributed by atoms with Crippen molar-refractivity contribution in [2.75, 3.05) is 0 Å². The Balaban J connectivity index is 1.75. The maximum atomic E-state index is 2.51. The highest BCUT2D eigenvalue weighted by molar-refractivity contribution is 5.04. The van der Waals surface area contributed by atoms with Gasteiger partial charge in [0.25, 0.3) is 0 Å². The first-order chi connectivity index (χ1) is 9.43. The molecule has 0 bridgehead atoms. The molecule has 0 aromatic carbocycles. The molecule has 0 unspecified atom stereocenters. The van der Waals surface area contributed by atoms with Crippen molar-refractivity contribution < 1.29 is 0 Å². The SMILES string of the molecule is CCCCCCCCCCCCCC1=CCCCC1.